The summed E-state index contributed by atoms with van der Waals surface area (Å²) in [6.07, 6.45) is 0.639. The zero-order valence-electron chi connectivity index (χ0n) is 11.3. The van der Waals surface area contributed by atoms with Crippen LogP contribution < -0.4 is 15.5 Å². The second kappa shape index (κ2) is 4.61. The standard InChI is InChI=1S/C14H21N3O/c1-4-14(2,15)13(18)17-10-9-16(3)11-7-5-6-8-12(11)17/h5-8H,4,9-10,15H2,1-3H3. The van der Waals surface area contributed by atoms with E-state index in [0.717, 1.165) is 17.9 Å². The van der Waals surface area contributed by atoms with E-state index in [1.165, 1.54) is 0 Å². The zero-order chi connectivity index (χ0) is 13.3. The maximum absolute atomic E-state index is 12.5. The summed E-state index contributed by atoms with van der Waals surface area (Å²) in [7, 11) is 2.04. The number of fused-ring (bicyclic) bond motifs is 1. The largest absolute Gasteiger partial charge is 0.371 e. The highest BCUT2D eigenvalue weighted by Crippen LogP contribution is 2.33. The first-order chi connectivity index (χ1) is 8.47. The minimum Gasteiger partial charge on any atom is -0.371 e. The highest BCUT2D eigenvalue weighted by molar-refractivity contribution is 6.02. The molecule has 0 aliphatic carbocycles. The van der Waals surface area contributed by atoms with Crippen LogP contribution in [0, 0.1) is 0 Å². The molecule has 4 nitrogen and oxygen atoms in total. The molecule has 1 aromatic rings. The van der Waals surface area contributed by atoms with Crippen molar-refractivity contribution in [3.8, 4) is 0 Å². The van der Waals surface area contributed by atoms with E-state index in [9.17, 15) is 4.79 Å². The fraction of sp³-hybridized carbons (Fsp3) is 0.500. The second-order valence-electron chi connectivity index (χ2n) is 5.14. The Morgan fingerprint density at radius 1 is 1.33 bits per heavy atom. The van der Waals surface area contributed by atoms with E-state index in [1.807, 2.05) is 43.1 Å². The Bertz CT molecular complexity index is 456. The van der Waals surface area contributed by atoms with Gasteiger partial charge in [0, 0.05) is 20.1 Å². The van der Waals surface area contributed by atoms with Crippen molar-refractivity contribution in [3.63, 3.8) is 0 Å². The number of hydrogen-bond donors (Lipinski definition) is 1. The first-order valence-electron chi connectivity index (χ1n) is 6.38. The van der Waals surface area contributed by atoms with Crippen molar-refractivity contribution in [1.29, 1.82) is 0 Å². The van der Waals surface area contributed by atoms with Crippen molar-refractivity contribution in [2.75, 3.05) is 29.9 Å². The molecular weight excluding hydrogens is 226 g/mol. The Morgan fingerprint density at radius 3 is 2.56 bits per heavy atom. The molecule has 0 aromatic heterocycles. The first-order valence-corrected chi connectivity index (χ1v) is 6.38. The number of nitrogens with zero attached hydrogens (tertiary/aromatic N) is 2. The van der Waals surface area contributed by atoms with Crippen LogP contribution in [0.4, 0.5) is 11.4 Å². The molecule has 0 saturated heterocycles. The molecule has 18 heavy (non-hydrogen) atoms. The van der Waals surface area contributed by atoms with Crippen molar-refractivity contribution < 1.29 is 4.79 Å². The maximum atomic E-state index is 12.5. The van der Waals surface area contributed by atoms with Crippen LogP contribution in [0.2, 0.25) is 0 Å². The summed E-state index contributed by atoms with van der Waals surface area (Å²) >= 11 is 0. The van der Waals surface area contributed by atoms with Crippen molar-refractivity contribution in [2.45, 2.75) is 25.8 Å². The molecule has 1 amide bonds. The Balaban J connectivity index is 2.38. The molecule has 1 atom stereocenters. The topological polar surface area (TPSA) is 49.6 Å². The van der Waals surface area contributed by atoms with Crippen LogP contribution in [0.25, 0.3) is 0 Å². The number of likely N-dealkylation sites (N-methyl/N-ethyl adjacent to an activating group) is 1. The van der Waals surface area contributed by atoms with Gasteiger partial charge in [0.25, 0.3) is 0 Å². The number of hydrogen-bond acceptors (Lipinski definition) is 3. The van der Waals surface area contributed by atoms with Crippen molar-refractivity contribution in [2.24, 2.45) is 5.73 Å². The molecule has 1 aliphatic rings. The lowest BCUT2D eigenvalue weighted by molar-refractivity contribution is -0.123. The third kappa shape index (κ3) is 2.08. The predicted molar refractivity (Wildman–Crippen MR) is 74.9 cm³/mol. The van der Waals surface area contributed by atoms with Gasteiger partial charge in [-0.2, -0.15) is 0 Å². The first kappa shape index (κ1) is 12.9. The van der Waals surface area contributed by atoms with E-state index in [4.69, 9.17) is 5.73 Å². The van der Waals surface area contributed by atoms with Gasteiger partial charge in [-0.05, 0) is 25.5 Å². The molecule has 0 radical (unpaired) electrons. The van der Waals surface area contributed by atoms with E-state index in [2.05, 4.69) is 4.90 Å². The summed E-state index contributed by atoms with van der Waals surface area (Å²) in [5, 5.41) is 0. The summed E-state index contributed by atoms with van der Waals surface area (Å²) < 4.78 is 0. The number of para-hydroxylation sites is 2. The van der Waals surface area contributed by atoms with Crippen molar-refractivity contribution in [1.82, 2.24) is 0 Å². The zero-order valence-corrected chi connectivity index (χ0v) is 11.3. The molecule has 0 spiro atoms. The third-order valence-electron chi connectivity index (χ3n) is 3.71. The fourth-order valence-electron chi connectivity index (χ4n) is 2.18. The van der Waals surface area contributed by atoms with E-state index in [-0.39, 0.29) is 5.91 Å². The normalized spacial score (nSPS) is 18.2. The lowest BCUT2D eigenvalue weighted by atomic mass is 9.97. The van der Waals surface area contributed by atoms with Gasteiger partial charge in [0.2, 0.25) is 5.91 Å². The van der Waals surface area contributed by atoms with Gasteiger partial charge in [0.1, 0.15) is 0 Å². The molecule has 1 aromatic carbocycles. The van der Waals surface area contributed by atoms with Crippen LogP contribution in [-0.4, -0.2) is 31.6 Å². The summed E-state index contributed by atoms with van der Waals surface area (Å²) in [4.78, 5) is 16.5. The number of carbonyl (C=O) groups is 1. The Labute approximate surface area is 108 Å². The number of nitrogens with two attached hydrogens (primary N) is 1. The van der Waals surface area contributed by atoms with E-state index in [1.54, 1.807) is 6.92 Å². The average Bonchev–Trinajstić information content (AvgIpc) is 2.39. The molecule has 0 saturated carbocycles. The Kier molecular flexibility index (Phi) is 3.30. The van der Waals surface area contributed by atoms with E-state index < -0.39 is 5.54 Å². The third-order valence-corrected chi connectivity index (χ3v) is 3.71. The van der Waals surface area contributed by atoms with Gasteiger partial charge in [0.05, 0.1) is 16.9 Å². The molecule has 1 heterocycles. The Morgan fingerprint density at radius 2 is 1.94 bits per heavy atom. The summed E-state index contributed by atoms with van der Waals surface area (Å²) in [6.45, 7) is 5.28. The van der Waals surface area contributed by atoms with Gasteiger partial charge in [-0.15, -0.1) is 0 Å². The predicted octanol–water partition coefficient (Wildman–Crippen LogP) is 1.60. The highest BCUT2D eigenvalue weighted by Gasteiger charge is 2.34. The number of rotatable bonds is 2. The molecule has 0 bridgehead atoms. The average molecular weight is 247 g/mol. The quantitative estimate of drug-likeness (QED) is 0.863. The van der Waals surface area contributed by atoms with E-state index >= 15 is 0 Å². The molecule has 4 heteroatoms. The number of carbonyl (C=O) groups excluding carboxylic acids is 1. The molecule has 1 unspecified atom stereocenters. The monoisotopic (exact) mass is 247 g/mol. The van der Waals surface area contributed by atoms with Crippen molar-refractivity contribution >= 4 is 17.3 Å². The van der Waals surface area contributed by atoms with Crippen LogP contribution in [0.15, 0.2) is 24.3 Å². The smallest absolute Gasteiger partial charge is 0.246 e. The number of amides is 1. The van der Waals surface area contributed by atoms with Crippen molar-refractivity contribution in [3.05, 3.63) is 24.3 Å². The van der Waals surface area contributed by atoms with E-state index in [0.29, 0.717) is 13.0 Å². The molecule has 98 valence electrons. The second-order valence-corrected chi connectivity index (χ2v) is 5.14. The lowest BCUT2D eigenvalue weighted by Crippen LogP contribution is -2.56. The van der Waals surface area contributed by atoms with Crippen LogP contribution >= 0.6 is 0 Å². The van der Waals surface area contributed by atoms with Gasteiger partial charge in [-0.25, -0.2) is 0 Å². The van der Waals surface area contributed by atoms with Gasteiger partial charge >= 0.3 is 0 Å². The molecule has 2 rings (SSSR count). The molecular formula is C14H21N3O. The Hall–Kier alpha value is -1.55. The van der Waals surface area contributed by atoms with Gasteiger partial charge < -0.3 is 15.5 Å². The van der Waals surface area contributed by atoms with Gasteiger partial charge in [0.15, 0.2) is 0 Å². The summed E-state index contributed by atoms with van der Waals surface area (Å²) in [5.74, 6) is 0.00514. The lowest BCUT2D eigenvalue weighted by Gasteiger charge is -2.38. The number of benzene rings is 1. The molecule has 0 fully saturated rings. The van der Waals surface area contributed by atoms with Crippen LogP contribution in [0.5, 0.6) is 0 Å². The van der Waals surface area contributed by atoms with Crippen LogP contribution in [0.1, 0.15) is 20.3 Å². The van der Waals surface area contributed by atoms with Gasteiger partial charge in [-0.1, -0.05) is 19.1 Å². The SMILES string of the molecule is CCC(C)(N)C(=O)N1CCN(C)c2ccccc21. The fourth-order valence-corrected chi connectivity index (χ4v) is 2.18. The van der Waals surface area contributed by atoms with Crippen LogP contribution in [0.3, 0.4) is 0 Å². The summed E-state index contributed by atoms with van der Waals surface area (Å²) in [5.41, 5.74) is 7.34. The molecule has 2 N–H and O–H groups in total. The maximum Gasteiger partial charge on any atom is 0.246 e. The molecule has 1 aliphatic heterocycles. The number of anilines is 2. The van der Waals surface area contributed by atoms with Crippen LogP contribution in [-0.2, 0) is 4.79 Å². The minimum atomic E-state index is -0.789. The minimum absolute atomic E-state index is 0.00514. The van der Waals surface area contributed by atoms with Gasteiger partial charge in [-0.3, -0.25) is 4.79 Å². The summed E-state index contributed by atoms with van der Waals surface area (Å²) in [6, 6.07) is 7.96. The highest BCUT2D eigenvalue weighted by atomic mass is 16.2.